The average Bonchev–Trinajstić information content (AvgIpc) is 3.00. The third-order valence-electron chi connectivity index (χ3n) is 5.41. The molecule has 8 nitrogen and oxygen atoms in total. The maximum Gasteiger partial charge on any atom is 0.191 e. The molecule has 9 heteroatoms. The van der Waals surface area contributed by atoms with E-state index in [9.17, 15) is 0 Å². The van der Waals surface area contributed by atoms with E-state index in [-0.39, 0.29) is 24.0 Å². The van der Waals surface area contributed by atoms with Crippen molar-refractivity contribution in [2.45, 2.75) is 59.0 Å². The Balaban J connectivity index is 0.00000363. The summed E-state index contributed by atoms with van der Waals surface area (Å²) in [6, 6.07) is 6.26. The average molecular weight is 556 g/mol. The Bertz CT molecular complexity index is 855. The topological polar surface area (TPSA) is 85.6 Å². The van der Waals surface area contributed by atoms with Crippen molar-refractivity contribution in [1.82, 2.24) is 25.4 Å². The molecule has 0 saturated heterocycles. The van der Waals surface area contributed by atoms with E-state index in [1.165, 1.54) is 24.8 Å². The zero-order chi connectivity index (χ0) is 21.9. The van der Waals surface area contributed by atoms with Gasteiger partial charge in [-0.25, -0.2) is 0 Å². The molecule has 0 radical (unpaired) electrons. The highest BCUT2D eigenvalue weighted by molar-refractivity contribution is 14.0. The predicted molar refractivity (Wildman–Crippen MR) is 138 cm³/mol. The molecule has 32 heavy (non-hydrogen) atoms. The highest BCUT2D eigenvalue weighted by atomic mass is 127. The lowest BCUT2D eigenvalue weighted by Crippen LogP contribution is -2.38. The zero-order valence-corrected chi connectivity index (χ0v) is 21.9. The second kappa shape index (κ2) is 14.3. The first-order valence-corrected chi connectivity index (χ1v) is 11.4. The van der Waals surface area contributed by atoms with Crippen LogP contribution in [0.15, 0.2) is 23.2 Å². The highest BCUT2D eigenvalue weighted by Gasteiger charge is 2.14. The molecule has 1 aromatic heterocycles. The Hall–Kier alpha value is -1.88. The molecule has 1 aromatic carbocycles. The van der Waals surface area contributed by atoms with Crippen LogP contribution < -0.4 is 15.4 Å². The Kier molecular flexibility index (Phi) is 11.8. The molecule has 2 N–H and O–H groups in total. The van der Waals surface area contributed by atoms with Crippen molar-refractivity contribution in [1.29, 1.82) is 0 Å². The third-order valence-corrected chi connectivity index (χ3v) is 5.41. The van der Waals surface area contributed by atoms with Crippen LogP contribution in [-0.2, 0) is 30.7 Å². The quantitative estimate of drug-likeness (QED) is 0.202. The molecule has 3 rings (SSSR count). The standard InChI is InChI=1S/C23H36N6O2.HI/c1-4-30-14-15-31-20-16-18(2)9-10-19(20)17-26-23(24-3)25-12-11-22-28-27-21-8-6-5-7-13-29(21)22;/h9-10,16H,4-8,11-15,17H2,1-3H3,(H2,24,25,26);1H. The van der Waals surface area contributed by atoms with Gasteiger partial charge in [-0.2, -0.15) is 0 Å². The van der Waals surface area contributed by atoms with Crippen molar-refractivity contribution in [3.8, 4) is 5.75 Å². The predicted octanol–water partition coefficient (Wildman–Crippen LogP) is 3.25. The van der Waals surface area contributed by atoms with E-state index in [0.29, 0.717) is 26.4 Å². The Morgan fingerprint density at radius 3 is 2.84 bits per heavy atom. The van der Waals surface area contributed by atoms with Gasteiger partial charge in [0.1, 0.15) is 24.0 Å². The van der Waals surface area contributed by atoms with E-state index in [0.717, 1.165) is 54.9 Å². The van der Waals surface area contributed by atoms with E-state index in [1.54, 1.807) is 7.05 Å². The van der Waals surface area contributed by atoms with Crippen molar-refractivity contribution in [2.24, 2.45) is 4.99 Å². The van der Waals surface area contributed by atoms with Gasteiger partial charge in [0.15, 0.2) is 5.96 Å². The first-order valence-electron chi connectivity index (χ1n) is 11.4. The number of aliphatic imine (C=N–C) groups is 1. The summed E-state index contributed by atoms with van der Waals surface area (Å²) in [5.74, 6) is 3.83. The summed E-state index contributed by atoms with van der Waals surface area (Å²) in [5, 5.41) is 15.6. The number of benzene rings is 1. The maximum atomic E-state index is 5.94. The van der Waals surface area contributed by atoms with Gasteiger partial charge in [0.25, 0.3) is 0 Å². The number of fused-ring (bicyclic) bond motifs is 1. The molecule has 0 aliphatic carbocycles. The summed E-state index contributed by atoms with van der Waals surface area (Å²) in [7, 11) is 1.78. The normalized spacial score (nSPS) is 13.7. The molecule has 2 aromatic rings. The van der Waals surface area contributed by atoms with Gasteiger partial charge in [-0.1, -0.05) is 18.6 Å². The molecular formula is C23H37IN6O2. The van der Waals surface area contributed by atoms with Crippen molar-refractivity contribution >= 4 is 29.9 Å². The van der Waals surface area contributed by atoms with Gasteiger partial charge in [-0.05, 0) is 38.3 Å². The van der Waals surface area contributed by atoms with Crippen LogP contribution in [0.25, 0.3) is 0 Å². The van der Waals surface area contributed by atoms with E-state index in [2.05, 4.69) is 55.5 Å². The van der Waals surface area contributed by atoms with Gasteiger partial charge >= 0.3 is 0 Å². The largest absolute Gasteiger partial charge is 0.491 e. The molecule has 178 valence electrons. The molecule has 0 spiro atoms. The van der Waals surface area contributed by atoms with Crippen molar-refractivity contribution < 1.29 is 9.47 Å². The Labute approximate surface area is 208 Å². The lowest BCUT2D eigenvalue weighted by Gasteiger charge is -2.15. The number of aromatic nitrogens is 3. The number of hydrogen-bond donors (Lipinski definition) is 2. The lowest BCUT2D eigenvalue weighted by molar-refractivity contribution is 0.110. The Morgan fingerprint density at radius 2 is 2.03 bits per heavy atom. The van der Waals surface area contributed by atoms with Gasteiger partial charge in [-0.15, -0.1) is 34.2 Å². The third kappa shape index (κ3) is 7.91. The smallest absolute Gasteiger partial charge is 0.191 e. The van der Waals surface area contributed by atoms with E-state index < -0.39 is 0 Å². The van der Waals surface area contributed by atoms with Gasteiger partial charge < -0.3 is 24.7 Å². The number of ether oxygens (including phenoxy) is 2. The molecule has 0 amide bonds. The van der Waals surface area contributed by atoms with Crippen LogP contribution in [-0.4, -0.2) is 54.1 Å². The second-order valence-corrected chi connectivity index (χ2v) is 7.75. The number of aryl methyl sites for hydroxylation is 2. The molecule has 0 atom stereocenters. The molecule has 0 saturated carbocycles. The molecular weight excluding hydrogens is 519 g/mol. The minimum Gasteiger partial charge on any atom is -0.491 e. The van der Waals surface area contributed by atoms with Crippen LogP contribution in [0.2, 0.25) is 0 Å². The van der Waals surface area contributed by atoms with Gasteiger partial charge in [-0.3, -0.25) is 4.99 Å². The van der Waals surface area contributed by atoms with Crippen LogP contribution in [0, 0.1) is 6.92 Å². The number of nitrogens with zero attached hydrogens (tertiary/aromatic N) is 4. The number of halogens is 1. The number of nitrogens with one attached hydrogen (secondary N) is 2. The van der Waals surface area contributed by atoms with Gasteiger partial charge in [0, 0.05) is 51.7 Å². The van der Waals surface area contributed by atoms with Crippen molar-refractivity contribution in [3.63, 3.8) is 0 Å². The van der Waals surface area contributed by atoms with Crippen molar-refractivity contribution in [3.05, 3.63) is 41.0 Å². The summed E-state index contributed by atoms with van der Waals surface area (Å²) >= 11 is 0. The van der Waals surface area contributed by atoms with Crippen LogP contribution in [0.3, 0.4) is 0 Å². The minimum atomic E-state index is 0. The van der Waals surface area contributed by atoms with Crippen LogP contribution in [0.5, 0.6) is 5.75 Å². The van der Waals surface area contributed by atoms with Gasteiger partial charge in [0.2, 0.25) is 0 Å². The van der Waals surface area contributed by atoms with Crippen molar-refractivity contribution in [2.75, 3.05) is 33.4 Å². The number of rotatable bonds is 10. The molecule has 2 heterocycles. The second-order valence-electron chi connectivity index (χ2n) is 7.75. The fourth-order valence-electron chi connectivity index (χ4n) is 3.72. The monoisotopic (exact) mass is 556 g/mol. The van der Waals surface area contributed by atoms with Crippen LogP contribution in [0.1, 0.15) is 49.0 Å². The fraction of sp³-hybridized carbons (Fsp3) is 0.609. The summed E-state index contributed by atoms with van der Waals surface area (Å²) in [5.41, 5.74) is 2.26. The first-order chi connectivity index (χ1) is 15.2. The summed E-state index contributed by atoms with van der Waals surface area (Å²) in [4.78, 5) is 4.35. The van der Waals surface area contributed by atoms with Crippen LogP contribution in [0.4, 0.5) is 0 Å². The van der Waals surface area contributed by atoms with E-state index in [4.69, 9.17) is 9.47 Å². The summed E-state index contributed by atoms with van der Waals surface area (Å²) in [6.45, 7) is 8.30. The Morgan fingerprint density at radius 1 is 1.16 bits per heavy atom. The fourth-order valence-corrected chi connectivity index (χ4v) is 3.72. The summed E-state index contributed by atoms with van der Waals surface area (Å²) in [6.07, 6.45) is 5.55. The highest BCUT2D eigenvalue weighted by Crippen LogP contribution is 2.20. The molecule has 1 aliphatic heterocycles. The molecule has 0 bridgehead atoms. The zero-order valence-electron chi connectivity index (χ0n) is 19.5. The maximum absolute atomic E-state index is 5.94. The van der Waals surface area contributed by atoms with Crippen LogP contribution >= 0.6 is 24.0 Å². The molecule has 1 aliphatic rings. The van der Waals surface area contributed by atoms with E-state index >= 15 is 0 Å². The summed E-state index contributed by atoms with van der Waals surface area (Å²) < 4.78 is 13.6. The lowest BCUT2D eigenvalue weighted by atomic mass is 10.1. The first kappa shape index (κ1) is 26.4. The minimum absolute atomic E-state index is 0. The van der Waals surface area contributed by atoms with E-state index in [1.807, 2.05) is 6.92 Å². The number of guanidine groups is 1. The number of hydrogen-bond acceptors (Lipinski definition) is 5. The van der Waals surface area contributed by atoms with Gasteiger partial charge in [0.05, 0.1) is 6.61 Å². The molecule has 0 fully saturated rings. The SMILES string of the molecule is CCOCCOc1cc(C)ccc1CNC(=NC)NCCc1nnc2n1CCCCC2.I. The molecule has 0 unspecified atom stereocenters.